The van der Waals surface area contributed by atoms with E-state index >= 15 is 0 Å². The highest BCUT2D eigenvalue weighted by Gasteiger charge is 2.31. The number of amides is 1. The third-order valence-corrected chi connectivity index (χ3v) is 6.36. The van der Waals surface area contributed by atoms with Gasteiger partial charge in [0.05, 0.1) is 5.56 Å². The van der Waals surface area contributed by atoms with E-state index in [4.69, 9.17) is 4.42 Å². The number of benzene rings is 1. The Morgan fingerprint density at radius 3 is 2.76 bits per heavy atom. The zero-order valence-electron chi connectivity index (χ0n) is 18.8. The summed E-state index contributed by atoms with van der Waals surface area (Å²) in [6.07, 6.45) is -0.396. The van der Waals surface area contributed by atoms with Gasteiger partial charge in [-0.15, -0.1) is 13.2 Å². The molecule has 2 aromatic heterocycles. The van der Waals surface area contributed by atoms with Crippen molar-refractivity contribution in [3.05, 3.63) is 47.5 Å². The Hall–Kier alpha value is -2.92. The smallest absolute Gasteiger partial charge is 0.461 e. The summed E-state index contributed by atoms with van der Waals surface area (Å²) >= 11 is 1.11. The van der Waals surface area contributed by atoms with E-state index in [1.165, 1.54) is 43.5 Å². The van der Waals surface area contributed by atoms with Crippen LogP contribution in [0.3, 0.4) is 0 Å². The first-order valence-corrected chi connectivity index (χ1v) is 11.8. The second-order valence-corrected chi connectivity index (χ2v) is 9.03. The van der Waals surface area contributed by atoms with Crippen molar-refractivity contribution in [2.75, 3.05) is 18.4 Å². The largest absolute Gasteiger partial charge is 0.573 e. The first-order chi connectivity index (χ1) is 16.2. The lowest BCUT2D eigenvalue weighted by molar-refractivity contribution is -0.274. The molecule has 1 saturated heterocycles. The monoisotopic (exact) mass is 494 g/mol. The number of halogens is 3. The van der Waals surface area contributed by atoms with E-state index in [1.54, 1.807) is 13.0 Å². The number of nitrogens with one attached hydrogen (secondary N) is 1. The number of likely N-dealkylation sites (tertiary alicyclic amines) is 1. The molecular weight excluding hydrogens is 469 g/mol. The molecule has 3 heterocycles. The quantitative estimate of drug-likeness (QED) is 0.456. The highest BCUT2D eigenvalue weighted by molar-refractivity contribution is 7.09. The minimum atomic E-state index is -4.80. The van der Waals surface area contributed by atoms with Crippen molar-refractivity contribution in [3.63, 3.8) is 0 Å². The van der Waals surface area contributed by atoms with Crippen LogP contribution >= 0.6 is 11.5 Å². The number of nitrogens with zero attached hydrogens (tertiary/aromatic N) is 3. The van der Waals surface area contributed by atoms with Gasteiger partial charge in [0.25, 0.3) is 5.91 Å². The lowest BCUT2D eigenvalue weighted by Gasteiger charge is -2.31. The van der Waals surface area contributed by atoms with E-state index in [9.17, 15) is 18.0 Å². The van der Waals surface area contributed by atoms with E-state index in [0.717, 1.165) is 24.6 Å². The fraction of sp³-hybridized carbons (Fsp3) is 0.435. The molecule has 0 bridgehead atoms. The van der Waals surface area contributed by atoms with Crippen molar-refractivity contribution in [3.8, 4) is 17.1 Å². The summed E-state index contributed by atoms with van der Waals surface area (Å²) in [5.74, 6) is 0.471. The molecule has 0 saturated carbocycles. The van der Waals surface area contributed by atoms with Crippen molar-refractivity contribution in [1.29, 1.82) is 0 Å². The number of hydrogen-bond donors (Lipinski definition) is 1. The van der Waals surface area contributed by atoms with Crippen LogP contribution in [0.2, 0.25) is 0 Å². The zero-order chi connectivity index (χ0) is 24.3. The fourth-order valence-electron chi connectivity index (χ4n) is 4.00. The van der Waals surface area contributed by atoms with Crippen LogP contribution in [0.25, 0.3) is 11.3 Å². The average molecular weight is 495 g/mol. The maximum absolute atomic E-state index is 12.8. The SMILES string of the molecule is Cc1oc(-c2cccc(OC(F)(F)F)c2)cc1C(=O)Nc1nc(CC(C)N2CCCCC2)ns1. The molecule has 182 valence electrons. The van der Waals surface area contributed by atoms with Gasteiger partial charge in [0.1, 0.15) is 23.1 Å². The van der Waals surface area contributed by atoms with E-state index in [1.807, 2.05) is 0 Å². The van der Waals surface area contributed by atoms with Gasteiger partial charge in [0.15, 0.2) is 0 Å². The number of hydrogen-bond acceptors (Lipinski definition) is 7. The van der Waals surface area contributed by atoms with Crippen molar-refractivity contribution in [1.82, 2.24) is 14.3 Å². The van der Waals surface area contributed by atoms with E-state index in [2.05, 4.69) is 31.2 Å². The number of carbonyl (C=O) groups excluding carboxylic acids is 1. The predicted molar refractivity (Wildman–Crippen MR) is 122 cm³/mol. The summed E-state index contributed by atoms with van der Waals surface area (Å²) in [7, 11) is 0. The standard InChI is InChI=1S/C23H25F3N4O3S/c1-14(30-9-4-3-5-10-30)11-20-27-22(34-29-20)28-21(31)18-13-19(32-15(18)2)16-7-6-8-17(12-16)33-23(24,25)26/h6-8,12-14H,3-5,9-11H2,1-2H3,(H,27,28,29,31). The molecule has 34 heavy (non-hydrogen) atoms. The summed E-state index contributed by atoms with van der Waals surface area (Å²) in [5, 5.41) is 3.12. The molecule has 1 unspecified atom stereocenters. The molecule has 1 N–H and O–H groups in total. The fourth-order valence-corrected chi connectivity index (χ4v) is 4.59. The van der Waals surface area contributed by atoms with Gasteiger partial charge in [0, 0.05) is 29.6 Å². The third kappa shape index (κ3) is 6.15. The summed E-state index contributed by atoms with van der Waals surface area (Å²) in [5.41, 5.74) is 0.615. The van der Waals surface area contributed by atoms with Crippen LogP contribution in [-0.2, 0) is 6.42 Å². The number of carbonyl (C=O) groups is 1. The van der Waals surface area contributed by atoms with Gasteiger partial charge < -0.3 is 14.1 Å². The lowest BCUT2D eigenvalue weighted by atomic mass is 10.1. The minimum absolute atomic E-state index is 0.253. The van der Waals surface area contributed by atoms with Crippen LogP contribution in [0.5, 0.6) is 5.75 Å². The second-order valence-electron chi connectivity index (χ2n) is 8.28. The molecule has 1 aliphatic heterocycles. The van der Waals surface area contributed by atoms with Crippen LogP contribution in [0.15, 0.2) is 34.7 Å². The molecule has 4 rings (SSSR count). The van der Waals surface area contributed by atoms with Gasteiger partial charge >= 0.3 is 6.36 Å². The lowest BCUT2D eigenvalue weighted by Crippen LogP contribution is -2.38. The minimum Gasteiger partial charge on any atom is -0.461 e. The maximum Gasteiger partial charge on any atom is 0.573 e. The van der Waals surface area contributed by atoms with E-state index in [0.29, 0.717) is 34.7 Å². The molecule has 11 heteroatoms. The molecule has 0 spiro atoms. The summed E-state index contributed by atoms with van der Waals surface area (Å²) in [4.78, 5) is 19.7. The van der Waals surface area contributed by atoms with Crippen LogP contribution in [0.1, 0.15) is 48.1 Å². The van der Waals surface area contributed by atoms with Crippen molar-refractivity contribution in [2.45, 2.75) is 51.9 Å². The van der Waals surface area contributed by atoms with Gasteiger partial charge in [-0.05, 0) is 58.0 Å². The number of alkyl halides is 3. The highest BCUT2D eigenvalue weighted by Crippen LogP contribution is 2.31. The molecule has 0 radical (unpaired) electrons. The number of aryl methyl sites for hydroxylation is 1. The van der Waals surface area contributed by atoms with Gasteiger partial charge in [0.2, 0.25) is 5.13 Å². The van der Waals surface area contributed by atoms with Crippen LogP contribution < -0.4 is 10.1 Å². The van der Waals surface area contributed by atoms with Crippen molar-refractivity contribution in [2.24, 2.45) is 0 Å². The third-order valence-electron chi connectivity index (χ3n) is 5.70. The summed E-state index contributed by atoms with van der Waals surface area (Å²) in [6, 6.07) is 7.20. The number of rotatable bonds is 7. The van der Waals surface area contributed by atoms with Crippen LogP contribution in [0, 0.1) is 6.92 Å². The molecule has 7 nitrogen and oxygen atoms in total. The summed E-state index contributed by atoms with van der Waals surface area (Å²) in [6.45, 7) is 5.94. The van der Waals surface area contributed by atoms with Gasteiger partial charge in [-0.2, -0.15) is 4.37 Å². The number of aromatic nitrogens is 2. The number of furan rings is 1. The predicted octanol–water partition coefficient (Wildman–Crippen LogP) is 5.67. The molecule has 1 fully saturated rings. The van der Waals surface area contributed by atoms with Gasteiger partial charge in [-0.25, -0.2) is 4.98 Å². The number of ether oxygens (including phenoxy) is 1. The molecule has 1 aromatic carbocycles. The summed E-state index contributed by atoms with van der Waals surface area (Å²) < 4.78 is 51.5. The number of piperidine rings is 1. The molecule has 3 aromatic rings. The van der Waals surface area contributed by atoms with Crippen LogP contribution in [0.4, 0.5) is 18.3 Å². The second kappa shape index (κ2) is 10.1. The number of anilines is 1. The molecule has 0 aliphatic carbocycles. The molecular formula is C23H25F3N4O3S. The Morgan fingerprint density at radius 2 is 2.03 bits per heavy atom. The Kier molecular flexibility index (Phi) is 7.22. The Balaban J connectivity index is 1.41. The topological polar surface area (TPSA) is 80.5 Å². The van der Waals surface area contributed by atoms with E-state index in [-0.39, 0.29) is 17.1 Å². The maximum atomic E-state index is 12.8. The normalized spacial score (nSPS) is 15.8. The Bertz CT molecular complexity index is 1140. The molecule has 1 aliphatic rings. The van der Waals surface area contributed by atoms with Crippen molar-refractivity contribution < 1.29 is 27.1 Å². The van der Waals surface area contributed by atoms with Gasteiger partial charge in [-0.1, -0.05) is 18.6 Å². The Morgan fingerprint density at radius 1 is 1.26 bits per heavy atom. The average Bonchev–Trinajstić information content (AvgIpc) is 3.39. The highest BCUT2D eigenvalue weighted by atomic mass is 32.1. The zero-order valence-corrected chi connectivity index (χ0v) is 19.6. The van der Waals surface area contributed by atoms with E-state index < -0.39 is 12.3 Å². The van der Waals surface area contributed by atoms with Gasteiger partial charge in [-0.3, -0.25) is 10.1 Å². The molecule has 1 atom stereocenters. The van der Waals surface area contributed by atoms with Crippen molar-refractivity contribution >= 4 is 22.6 Å². The Labute approximate surface area is 199 Å². The first kappa shape index (κ1) is 24.2. The first-order valence-electron chi connectivity index (χ1n) is 11.0. The molecule has 1 amide bonds. The van der Waals surface area contributed by atoms with Crippen LogP contribution in [-0.4, -0.2) is 45.7 Å².